The van der Waals surface area contributed by atoms with Gasteiger partial charge in [-0.3, -0.25) is 0 Å². The lowest BCUT2D eigenvalue weighted by atomic mass is 9.85. The normalized spacial score (nSPS) is 29.8. The fourth-order valence-electron chi connectivity index (χ4n) is 2.33. The SMILES string of the molecule is C=C1CC[C@@](O)(C(=O)OC(C)C)[C@@H]1CCC. The second-order valence-electron chi connectivity index (χ2n) is 4.88. The molecule has 16 heavy (non-hydrogen) atoms. The van der Waals surface area contributed by atoms with Crippen LogP contribution in [0.15, 0.2) is 12.2 Å². The van der Waals surface area contributed by atoms with Crippen LogP contribution in [0, 0.1) is 5.92 Å². The van der Waals surface area contributed by atoms with Crippen LogP contribution in [0.5, 0.6) is 0 Å². The molecule has 1 saturated carbocycles. The summed E-state index contributed by atoms with van der Waals surface area (Å²) >= 11 is 0. The van der Waals surface area contributed by atoms with Crippen molar-refractivity contribution in [1.29, 1.82) is 0 Å². The Bertz CT molecular complexity index is 283. The van der Waals surface area contributed by atoms with E-state index in [1.807, 2.05) is 6.92 Å². The fraction of sp³-hybridized carbons (Fsp3) is 0.769. The van der Waals surface area contributed by atoms with Gasteiger partial charge in [-0.15, -0.1) is 0 Å². The van der Waals surface area contributed by atoms with Gasteiger partial charge in [0.25, 0.3) is 0 Å². The Morgan fingerprint density at radius 3 is 2.81 bits per heavy atom. The third-order valence-corrected chi connectivity index (χ3v) is 3.17. The summed E-state index contributed by atoms with van der Waals surface area (Å²) in [5.41, 5.74) is -0.359. The van der Waals surface area contributed by atoms with Crippen molar-refractivity contribution in [2.45, 2.75) is 58.2 Å². The number of carbonyl (C=O) groups excluding carboxylic acids is 1. The Kier molecular flexibility index (Phi) is 4.14. The van der Waals surface area contributed by atoms with Crippen molar-refractivity contribution >= 4 is 5.97 Å². The van der Waals surface area contributed by atoms with E-state index in [4.69, 9.17) is 4.74 Å². The Hall–Kier alpha value is -0.830. The molecule has 0 aliphatic heterocycles. The lowest BCUT2D eigenvalue weighted by Gasteiger charge is -2.28. The number of rotatable bonds is 4. The molecule has 3 nitrogen and oxygen atoms in total. The van der Waals surface area contributed by atoms with E-state index in [-0.39, 0.29) is 12.0 Å². The van der Waals surface area contributed by atoms with Gasteiger partial charge >= 0.3 is 5.97 Å². The van der Waals surface area contributed by atoms with Crippen molar-refractivity contribution in [2.75, 3.05) is 0 Å². The molecule has 92 valence electrons. The summed E-state index contributed by atoms with van der Waals surface area (Å²) in [7, 11) is 0. The molecule has 0 aromatic heterocycles. The number of aliphatic hydroxyl groups is 1. The molecule has 1 aliphatic rings. The Labute approximate surface area is 97.5 Å². The molecule has 1 N–H and O–H groups in total. The van der Waals surface area contributed by atoms with Crippen molar-refractivity contribution in [3.05, 3.63) is 12.2 Å². The van der Waals surface area contributed by atoms with Crippen molar-refractivity contribution in [2.24, 2.45) is 5.92 Å². The van der Waals surface area contributed by atoms with Crippen molar-refractivity contribution in [3.8, 4) is 0 Å². The number of hydrogen-bond acceptors (Lipinski definition) is 3. The molecular formula is C13H22O3. The van der Waals surface area contributed by atoms with E-state index in [0.717, 1.165) is 18.4 Å². The first kappa shape index (κ1) is 13.2. The molecule has 0 aromatic carbocycles. The highest BCUT2D eigenvalue weighted by atomic mass is 16.6. The predicted octanol–water partition coefficient (Wildman–Crippen LogP) is 2.44. The quantitative estimate of drug-likeness (QED) is 0.591. The van der Waals surface area contributed by atoms with Crippen molar-refractivity contribution in [3.63, 3.8) is 0 Å². The average Bonchev–Trinajstić information content (AvgIpc) is 2.47. The van der Waals surface area contributed by atoms with Gasteiger partial charge in [-0.05, 0) is 33.1 Å². The van der Waals surface area contributed by atoms with Gasteiger partial charge in [0, 0.05) is 5.92 Å². The summed E-state index contributed by atoms with van der Waals surface area (Å²) in [5, 5.41) is 10.4. The molecule has 0 bridgehead atoms. The molecule has 0 aromatic rings. The molecule has 1 rings (SSSR count). The maximum Gasteiger partial charge on any atom is 0.339 e. The van der Waals surface area contributed by atoms with Crippen LogP contribution in [0.2, 0.25) is 0 Å². The summed E-state index contributed by atoms with van der Waals surface area (Å²) < 4.78 is 5.13. The zero-order valence-corrected chi connectivity index (χ0v) is 10.5. The minimum Gasteiger partial charge on any atom is -0.461 e. The predicted molar refractivity (Wildman–Crippen MR) is 62.9 cm³/mol. The first-order valence-electron chi connectivity index (χ1n) is 6.03. The van der Waals surface area contributed by atoms with E-state index < -0.39 is 11.6 Å². The Balaban J connectivity index is 2.81. The first-order valence-corrected chi connectivity index (χ1v) is 6.03. The van der Waals surface area contributed by atoms with Gasteiger partial charge in [0.2, 0.25) is 0 Å². The minimum absolute atomic E-state index is 0.135. The van der Waals surface area contributed by atoms with E-state index >= 15 is 0 Å². The number of esters is 1. The molecule has 0 saturated heterocycles. The minimum atomic E-state index is -1.34. The maximum atomic E-state index is 11.9. The third-order valence-electron chi connectivity index (χ3n) is 3.17. The highest BCUT2D eigenvalue weighted by Gasteiger charge is 2.50. The molecule has 0 radical (unpaired) electrons. The molecule has 3 heteroatoms. The zero-order chi connectivity index (χ0) is 12.3. The molecular weight excluding hydrogens is 204 g/mol. The molecule has 1 aliphatic carbocycles. The molecule has 0 heterocycles. The largest absolute Gasteiger partial charge is 0.461 e. The standard InChI is InChI=1S/C13H22O3/c1-5-6-11-10(4)7-8-13(11,15)12(14)16-9(2)3/h9,11,15H,4-8H2,1-3H3/t11-,13+/m1/s1. The fourth-order valence-corrected chi connectivity index (χ4v) is 2.33. The lowest BCUT2D eigenvalue weighted by Crippen LogP contribution is -2.44. The first-order chi connectivity index (χ1) is 7.41. The molecule has 0 spiro atoms. The van der Waals surface area contributed by atoms with Gasteiger partial charge in [0.05, 0.1) is 6.10 Å². The molecule has 0 amide bonds. The number of carbonyl (C=O) groups is 1. The van der Waals surface area contributed by atoms with Gasteiger partial charge in [0.1, 0.15) is 0 Å². The van der Waals surface area contributed by atoms with E-state index in [0.29, 0.717) is 12.8 Å². The van der Waals surface area contributed by atoms with Crippen LogP contribution < -0.4 is 0 Å². The van der Waals surface area contributed by atoms with Crippen LogP contribution in [-0.4, -0.2) is 22.8 Å². The number of hydrogen-bond donors (Lipinski definition) is 1. The van der Waals surface area contributed by atoms with Gasteiger partial charge in [-0.1, -0.05) is 25.5 Å². The Morgan fingerprint density at radius 1 is 1.69 bits per heavy atom. The number of ether oxygens (including phenoxy) is 1. The van der Waals surface area contributed by atoms with Gasteiger partial charge in [-0.25, -0.2) is 4.79 Å². The molecule has 1 fully saturated rings. The molecule has 0 unspecified atom stereocenters. The average molecular weight is 226 g/mol. The topological polar surface area (TPSA) is 46.5 Å². The maximum absolute atomic E-state index is 11.9. The van der Waals surface area contributed by atoms with Crippen LogP contribution in [0.1, 0.15) is 46.5 Å². The zero-order valence-electron chi connectivity index (χ0n) is 10.5. The highest BCUT2D eigenvalue weighted by molar-refractivity contribution is 5.81. The highest BCUT2D eigenvalue weighted by Crippen LogP contribution is 2.42. The molecule has 2 atom stereocenters. The summed E-state index contributed by atoms with van der Waals surface area (Å²) in [6, 6.07) is 0. The van der Waals surface area contributed by atoms with E-state index in [2.05, 4.69) is 6.58 Å². The van der Waals surface area contributed by atoms with Crippen molar-refractivity contribution < 1.29 is 14.6 Å². The summed E-state index contributed by atoms with van der Waals surface area (Å²) in [5.74, 6) is -0.622. The van der Waals surface area contributed by atoms with Crippen LogP contribution >= 0.6 is 0 Å². The summed E-state index contributed by atoms with van der Waals surface area (Å²) in [6.45, 7) is 9.57. The summed E-state index contributed by atoms with van der Waals surface area (Å²) in [6.07, 6.45) is 2.70. The second kappa shape index (κ2) is 5.00. The third kappa shape index (κ3) is 2.46. The monoisotopic (exact) mass is 226 g/mol. The van der Waals surface area contributed by atoms with Crippen LogP contribution in [0.25, 0.3) is 0 Å². The van der Waals surface area contributed by atoms with E-state index in [1.165, 1.54) is 0 Å². The van der Waals surface area contributed by atoms with E-state index in [9.17, 15) is 9.90 Å². The summed E-state index contributed by atoms with van der Waals surface area (Å²) in [4.78, 5) is 11.9. The second-order valence-corrected chi connectivity index (χ2v) is 4.88. The van der Waals surface area contributed by atoms with Crippen LogP contribution in [-0.2, 0) is 9.53 Å². The van der Waals surface area contributed by atoms with Crippen molar-refractivity contribution in [1.82, 2.24) is 0 Å². The van der Waals surface area contributed by atoms with E-state index in [1.54, 1.807) is 13.8 Å². The van der Waals surface area contributed by atoms with Gasteiger partial charge in [-0.2, -0.15) is 0 Å². The van der Waals surface area contributed by atoms with Crippen LogP contribution in [0.4, 0.5) is 0 Å². The lowest BCUT2D eigenvalue weighted by molar-refractivity contribution is -0.173. The van der Waals surface area contributed by atoms with Gasteiger partial charge < -0.3 is 9.84 Å². The smallest absolute Gasteiger partial charge is 0.339 e. The van der Waals surface area contributed by atoms with Gasteiger partial charge in [0.15, 0.2) is 5.60 Å². The Morgan fingerprint density at radius 2 is 2.31 bits per heavy atom. The van der Waals surface area contributed by atoms with Crippen LogP contribution in [0.3, 0.4) is 0 Å².